The van der Waals surface area contributed by atoms with Crippen LogP contribution >= 0.6 is 0 Å². The third-order valence-corrected chi connectivity index (χ3v) is 2.44. The first-order valence-corrected chi connectivity index (χ1v) is 5.29. The molecule has 0 saturated carbocycles. The summed E-state index contributed by atoms with van der Waals surface area (Å²) < 4.78 is 0. The second kappa shape index (κ2) is 6.02. The van der Waals surface area contributed by atoms with Gasteiger partial charge in [0.05, 0.1) is 11.8 Å². The van der Waals surface area contributed by atoms with Gasteiger partial charge in [0.1, 0.15) is 18.8 Å². The predicted octanol–water partition coefficient (Wildman–Crippen LogP) is -2.54. The molecule has 0 saturated heterocycles. The van der Waals surface area contributed by atoms with Gasteiger partial charge in [0.15, 0.2) is 0 Å². The lowest BCUT2D eigenvalue weighted by Gasteiger charge is -2.17. The van der Waals surface area contributed by atoms with Crippen molar-refractivity contribution in [2.24, 2.45) is 11.5 Å². The molecule has 0 radical (unpaired) electrons. The smallest absolute Gasteiger partial charge is 0.320 e. The Bertz CT molecular complexity index is 365. The van der Waals surface area contributed by atoms with E-state index in [1.165, 1.54) is 6.20 Å². The molecule has 0 bridgehead atoms. The lowest BCUT2D eigenvalue weighted by molar-refractivity contribution is -0.889. The summed E-state index contributed by atoms with van der Waals surface area (Å²) in [5.74, 6) is -1.47. The van der Waals surface area contributed by atoms with Crippen molar-refractivity contribution in [2.75, 3.05) is 6.54 Å². The Balaban J connectivity index is 2.26. The molecule has 1 amide bonds. The normalized spacial score (nSPS) is 20.3. The van der Waals surface area contributed by atoms with Crippen molar-refractivity contribution in [1.29, 1.82) is 0 Å². The number of carboxylic acid groups (broad SMARTS) is 1. The number of hydrogen-bond acceptors (Lipinski definition) is 4. The first-order valence-electron chi connectivity index (χ1n) is 5.29. The van der Waals surface area contributed by atoms with Crippen LogP contribution in [0, 0.1) is 0 Å². The number of hydrogen-bond donors (Lipinski definition) is 5. The maximum absolute atomic E-state index is 10.8. The summed E-state index contributed by atoms with van der Waals surface area (Å²) in [7, 11) is 0. The fourth-order valence-corrected chi connectivity index (χ4v) is 1.40. The van der Waals surface area contributed by atoms with Crippen molar-refractivity contribution < 1.29 is 19.7 Å². The van der Waals surface area contributed by atoms with Gasteiger partial charge in [-0.05, 0) is 6.42 Å². The lowest BCUT2D eigenvalue weighted by atomic mass is 10.1. The van der Waals surface area contributed by atoms with E-state index in [9.17, 15) is 9.59 Å². The van der Waals surface area contributed by atoms with E-state index >= 15 is 0 Å². The molecule has 7 N–H and O–H groups in total. The van der Waals surface area contributed by atoms with Crippen molar-refractivity contribution in [3.63, 3.8) is 0 Å². The van der Waals surface area contributed by atoms with Crippen molar-refractivity contribution in [1.82, 2.24) is 5.43 Å². The molecule has 0 aliphatic carbocycles. The van der Waals surface area contributed by atoms with Gasteiger partial charge in [-0.25, -0.2) is 10.4 Å². The second-order valence-electron chi connectivity index (χ2n) is 3.80. The van der Waals surface area contributed by atoms with E-state index in [4.69, 9.17) is 16.6 Å². The monoisotopic (exact) mass is 241 g/mol. The van der Waals surface area contributed by atoms with Crippen LogP contribution in [0.4, 0.5) is 0 Å². The Labute approximate surface area is 98.7 Å². The Kier molecular flexibility index (Phi) is 4.68. The number of nitrogens with one attached hydrogen (secondary N) is 2. The largest absolute Gasteiger partial charge is 0.480 e. The van der Waals surface area contributed by atoms with Gasteiger partial charge < -0.3 is 16.6 Å². The zero-order chi connectivity index (χ0) is 12.8. The Morgan fingerprint density at radius 3 is 2.71 bits per heavy atom. The molecule has 1 aliphatic rings. The molecule has 1 heterocycles. The number of carbonyl (C=O) groups is 2. The number of primary amides is 1. The van der Waals surface area contributed by atoms with E-state index in [0.717, 1.165) is 5.01 Å². The van der Waals surface area contributed by atoms with Crippen LogP contribution in [0.1, 0.15) is 12.8 Å². The first kappa shape index (κ1) is 13.2. The summed E-state index contributed by atoms with van der Waals surface area (Å²) in [4.78, 5) is 21.3. The quantitative estimate of drug-likeness (QED) is 0.351. The summed E-state index contributed by atoms with van der Waals surface area (Å²) in [5, 5.41) is 9.50. The number of amides is 1. The number of carbonyl (C=O) groups excluding carboxylic acids is 1. The number of nitrogens with two attached hydrogens (primary N) is 2. The van der Waals surface area contributed by atoms with Crippen molar-refractivity contribution in [2.45, 2.75) is 18.9 Å². The van der Waals surface area contributed by atoms with Crippen LogP contribution in [0.15, 0.2) is 24.0 Å². The van der Waals surface area contributed by atoms with Gasteiger partial charge in [-0.2, -0.15) is 0 Å². The molecule has 1 rings (SSSR count). The number of quaternary nitrogens is 1. The van der Waals surface area contributed by atoms with E-state index in [1.54, 1.807) is 12.3 Å². The maximum atomic E-state index is 10.8. The summed E-state index contributed by atoms with van der Waals surface area (Å²) in [6, 6.07) is -0.820. The highest BCUT2D eigenvalue weighted by molar-refractivity contribution is 5.94. The predicted molar refractivity (Wildman–Crippen MR) is 60.2 cm³/mol. The van der Waals surface area contributed by atoms with Crippen LogP contribution in [-0.2, 0) is 9.59 Å². The topological polar surface area (TPSA) is 123 Å². The molecule has 17 heavy (non-hydrogen) atoms. The minimum atomic E-state index is -0.988. The SMILES string of the molecule is NC(=O)C1=CN[NH+](CCCC(N)C(=O)O)C=C1. The zero-order valence-electron chi connectivity index (χ0n) is 9.35. The summed E-state index contributed by atoms with van der Waals surface area (Å²) in [6.07, 6.45) is 6.01. The minimum absolute atomic E-state index is 0.413. The maximum Gasteiger partial charge on any atom is 0.320 e. The highest BCUT2D eigenvalue weighted by atomic mass is 16.4. The van der Waals surface area contributed by atoms with Crippen LogP contribution in [0.5, 0.6) is 0 Å². The van der Waals surface area contributed by atoms with E-state index in [-0.39, 0.29) is 0 Å². The van der Waals surface area contributed by atoms with E-state index in [0.29, 0.717) is 25.0 Å². The molecule has 7 heteroatoms. The van der Waals surface area contributed by atoms with Crippen LogP contribution in [-0.4, -0.2) is 29.6 Å². The van der Waals surface area contributed by atoms with E-state index in [2.05, 4.69) is 5.43 Å². The second-order valence-corrected chi connectivity index (χ2v) is 3.80. The summed E-state index contributed by atoms with van der Waals surface area (Å²) in [6.45, 7) is 0.681. The average Bonchev–Trinajstić information content (AvgIpc) is 2.29. The average molecular weight is 241 g/mol. The molecule has 0 fully saturated rings. The third-order valence-electron chi connectivity index (χ3n) is 2.44. The lowest BCUT2D eigenvalue weighted by Crippen LogP contribution is -3.14. The van der Waals surface area contributed by atoms with Crippen molar-refractivity contribution in [3.8, 4) is 0 Å². The molecule has 0 aromatic rings. The van der Waals surface area contributed by atoms with Crippen molar-refractivity contribution in [3.05, 3.63) is 24.0 Å². The zero-order valence-corrected chi connectivity index (χ0v) is 9.35. The van der Waals surface area contributed by atoms with Crippen LogP contribution in [0.3, 0.4) is 0 Å². The molecule has 94 valence electrons. The number of rotatable bonds is 6. The molecular weight excluding hydrogens is 224 g/mol. The van der Waals surface area contributed by atoms with Gasteiger partial charge in [-0.3, -0.25) is 9.59 Å². The van der Waals surface area contributed by atoms with Crippen LogP contribution in [0.2, 0.25) is 0 Å². The highest BCUT2D eigenvalue weighted by Gasteiger charge is 2.14. The fraction of sp³-hybridized carbons (Fsp3) is 0.400. The third kappa shape index (κ3) is 4.25. The van der Waals surface area contributed by atoms with Gasteiger partial charge >= 0.3 is 5.97 Å². The van der Waals surface area contributed by atoms with Crippen LogP contribution in [0.25, 0.3) is 0 Å². The number of aliphatic carboxylic acids is 1. The summed E-state index contributed by atoms with van der Waals surface area (Å²) in [5.41, 5.74) is 13.8. The molecule has 1 aliphatic heterocycles. The highest BCUT2D eigenvalue weighted by Crippen LogP contribution is 1.95. The molecule has 0 aromatic carbocycles. The van der Waals surface area contributed by atoms with Gasteiger partial charge in [0.25, 0.3) is 5.91 Å². The van der Waals surface area contributed by atoms with Gasteiger partial charge in [-0.1, -0.05) is 0 Å². The fourth-order valence-electron chi connectivity index (χ4n) is 1.40. The molecule has 2 atom stereocenters. The molecule has 2 unspecified atom stereocenters. The summed E-state index contributed by atoms with van der Waals surface area (Å²) >= 11 is 0. The van der Waals surface area contributed by atoms with Gasteiger partial charge in [0, 0.05) is 12.5 Å². The Morgan fingerprint density at radius 2 is 2.24 bits per heavy atom. The molecule has 0 aromatic heterocycles. The molecule has 0 spiro atoms. The van der Waals surface area contributed by atoms with E-state index < -0.39 is 17.9 Å². The Morgan fingerprint density at radius 1 is 1.53 bits per heavy atom. The van der Waals surface area contributed by atoms with Gasteiger partial charge in [0.2, 0.25) is 0 Å². The standard InChI is InChI=1S/C10H16N4O3/c11-8(10(16)17)2-1-4-14-5-3-7(6-13-14)9(12)15/h3,5-6,8,13H,1-2,4,11H2,(H2,12,15)(H,16,17)/p+1. The number of carboxylic acids is 1. The molecule has 7 nitrogen and oxygen atoms in total. The minimum Gasteiger partial charge on any atom is -0.480 e. The Hall–Kier alpha value is -1.86. The van der Waals surface area contributed by atoms with Crippen molar-refractivity contribution >= 4 is 11.9 Å². The first-order chi connectivity index (χ1) is 8.00. The van der Waals surface area contributed by atoms with E-state index in [1.807, 2.05) is 0 Å². The molecular formula is C10H17N4O3+. The van der Waals surface area contributed by atoms with Crippen LogP contribution < -0.4 is 21.9 Å². The van der Waals surface area contributed by atoms with Gasteiger partial charge in [-0.15, -0.1) is 0 Å².